The second-order valence-corrected chi connectivity index (χ2v) is 5.57. The minimum atomic E-state index is 0.476. The van der Waals surface area contributed by atoms with E-state index in [0.717, 1.165) is 11.6 Å². The maximum atomic E-state index is 6.07. The zero-order chi connectivity index (χ0) is 12.3. The molecule has 0 unspecified atom stereocenters. The molecule has 0 saturated carbocycles. The van der Waals surface area contributed by atoms with Gasteiger partial charge in [-0.2, -0.15) is 11.3 Å². The van der Waals surface area contributed by atoms with Crippen molar-refractivity contribution in [1.82, 2.24) is 5.32 Å². The van der Waals surface area contributed by atoms with Crippen LogP contribution in [-0.2, 0) is 6.54 Å². The summed E-state index contributed by atoms with van der Waals surface area (Å²) in [6.45, 7) is 5.15. The lowest BCUT2D eigenvalue weighted by atomic mass is 10.0. The van der Waals surface area contributed by atoms with Crippen LogP contribution in [0, 0.1) is 0 Å². The molecular formula is C14H16ClNS. The van der Waals surface area contributed by atoms with E-state index >= 15 is 0 Å². The summed E-state index contributed by atoms with van der Waals surface area (Å²) in [6, 6.07) is 8.72. The second-order valence-electron chi connectivity index (χ2n) is 4.35. The lowest BCUT2D eigenvalue weighted by Gasteiger charge is -2.12. The van der Waals surface area contributed by atoms with Crippen LogP contribution in [0.5, 0.6) is 0 Å². The average molecular weight is 266 g/mol. The first-order chi connectivity index (χ1) is 8.16. The second kappa shape index (κ2) is 5.67. The maximum absolute atomic E-state index is 6.07. The van der Waals surface area contributed by atoms with Crippen LogP contribution in [0.2, 0.25) is 5.02 Å². The molecule has 0 aliphatic carbocycles. The van der Waals surface area contributed by atoms with Crippen molar-refractivity contribution in [3.8, 4) is 11.1 Å². The zero-order valence-corrected chi connectivity index (χ0v) is 11.6. The van der Waals surface area contributed by atoms with Gasteiger partial charge in [-0.05, 0) is 45.6 Å². The van der Waals surface area contributed by atoms with Crippen LogP contribution >= 0.6 is 22.9 Å². The summed E-state index contributed by atoms with van der Waals surface area (Å²) in [5.74, 6) is 0. The molecule has 0 bridgehead atoms. The van der Waals surface area contributed by atoms with Gasteiger partial charge in [-0.1, -0.05) is 31.5 Å². The van der Waals surface area contributed by atoms with E-state index in [1.807, 2.05) is 12.1 Å². The summed E-state index contributed by atoms with van der Waals surface area (Å²) in [5, 5.41) is 8.50. The molecule has 1 aromatic heterocycles. The van der Waals surface area contributed by atoms with Crippen LogP contribution in [0.15, 0.2) is 35.0 Å². The van der Waals surface area contributed by atoms with E-state index in [1.165, 1.54) is 16.7 Å². The van der Waals surface area contributed by atoms with Crippen molar-refractivity contribution in [3.63, 3.8) is 0 Å². The van der Waals surface area contributed by atoms with Crippen LogP contribution in [0.3, 0.4) is 0 Å². The van der Waals surface area contributed by atoms with E-state index in [1.54, 1.807) is 11.3 Å². The van der Waals surface area contributed by atoms with Gasteiger partial charge in [0.05, 0.1) is 0 Å². The highest BCUT2D eigenvalue weighted by Gasteiger charge is 2.06. The molecule has 17 heavy (non-hydrogen) atoms. The quantitative estimate of drug-likeness (QED) is 0.854. The molecule has 1 heterocycles. The molecule has 0 aliphatic rings. The Labute approximate surface area is 111 Å². The van der Waals surface area contributed by atoms with Gasteiger partial charge in [0.2, 0.25) is 0 Å². The van der Waals surface area contributed by atoms with E-state index in [2.05, 4.69) is 42.1 Å². The molecule has 0 spiro atoms. The molecule has 0 amide bonds. The Kier molecular flexibility index (Phi) is 4.21. The van der Waals surface area contributed by atoms with Crippen molar-refractivity contribution < 1.29 is 0 Å². The monoisotopic (exact) mass is 265 g/mol. The molecule has 1 N–H and O–H groups in total. The van der Waals surface area contributed by atoms with Crippen LogP contribution < -0.4 is 5.32 Å². The highest BCUT2D eigenvalue weighted by molar-refractivity contribution is 7.08. The average Bonchev–Trinajstić information content (AvgIpc) is 2.80. The molecule has 2 rings (SSSR count). The smallest absolute Gasteiger partial charge is 0.0409 e. The van der Waals surface area contributed by atoms with Gasteiger partial charge in [-0.3, -0.25) is 0 Å². The third-order valence-electron chi connectivity index (χ3n) is 2.60. The number of hydrogen-bond donors (Lipinski definition) is 1. The summed E-state index contributed by atoms with van der Waals surface area (Å²) in [4.78, 5) is 0. The Morgan fingerprint density at radius 3 is 2.76 bits per heavy atom. The Morgan fingerprint density at radius 1 is 1.29 bits per heavy atom. The summed E-state index contributed by atoms with van der Waals surface area (Å²) < 4.78 is 0. The lowest BCUT2D eigenvalue weighted by Crippen LogP contribution is -2.22. The third-order valence-corrected chi connectivity index (χ3v) is 3.52. The van der Waals surface area contributed by atoms with Crippen molar-refractivity contribution in [2.45, 2.75) is 26.4 Å². The topological polar surface area (TPSA) is 12.0 Å². The fraction of sp³-hybridized carbons (Fsp3) is 0.286. The molecule has 0 radical (unpaired) electrons. The first-order valence-corrected chi connectivity index (χ1v) is 7.03. The normalized spacial score (nSPS) is 11.1. The molecule has 0 aliphatic heterocycles. The zero-order valence-electron chi connectivity index (χ0n) is 10.0. The first kappa shape index (κ1) is 12.6. The van der Waals surface area contributed by atoms with Crippen molar-refractivity contribution in [2.75, 3.05) is 0 Å². The fourth-order valence-corrected chi connectivity index (χ4v) is 2.57. The van der Waals surface area contributed by atoms with Crippen molar-refractivity contribution in [1.29, 1.82) is 0 Å². The van der Waals surface area contributed by atoms with Gasteiger partial charge in [0, 0.05) is 17.6 Å². The first-order valence-electron chi connectivity index (χ1n) is 5.71. The summed E-state index contributed by atoms with van der Waals surface area (Å²) in [7, 11) is 0. The van der Waals surface area contributed by atoms with Gasteiger partial charge in [0.15, 0.2) is 0 Å². The standard InChI is InChI=1S/C14H16ClNS/c1-10(2)16-8-12-7-13(15)3-4-14(12)11-5-6-17-9-11/h3-7,9-10,16H,8H2,1-2H3. The summed E-state index contributed by atoms with van der Waals surface area (Å²) >= 11 is 7.79. The Bertz CT molecular complexity index is 477. The molecule has 1 aromatic carbocycles. The van der Waals surface area contributed by atoms with E-state index in [9.17, 15) is 0 Å². The van der Waals surface area contributed by atoms with E-state index in [0.29, 0.717) is 6.04 Å². The predicted molar refractivity (Wildman–Crippen MR) is 76.7 cm³/mol. The minimum absolute atomic E-state index is 0.476. The predicted octanol–water partition coefficient (Wildman–Crippen LogP) is 4.57. The summed E-state index contributed by atoms with van der Waals surface area (Å²) in [6.07, 6.45) is 0. The minimum Gasteiger partial charge on any atom is -0.310 e. The SMILES string of the molecule is CC(C)NCc1cc(Cl)ccc1-c1ccsc1. The van der Waals surface area contributed by atoms with Crippen LogP contribution in [-0.4, -0.2) is 6.04 Å². The van der Waals surface area contributed by atoms with Gasteiger partial charge >= 0.3 is 0 Å². The Balaban J connectivity index is 2.31. The Hall–Kier alpha value is -0.830. The Morgan fingerprint density at radius 2 is 2.12 bits per heavy atom. The summed E-state index contributed by atoms with van der Waals surface area (Å²) in [5.41, 5.74) is 3.79. The van der Waals surface area contributed by atoms with Crippen LogP contribution in [0.4, 0.5) is 0 Å². The highest BCUT2D eigenvalue weighted by Crippen LogP contribution is 2.28. The van der Waals surface area contributed by atoms with Gasteiger partial charge < -0.3 is 5.32 Å². The molecule has 0 atom stereocenters. The van der Waals surface area contributed by atoms with Crippen LogP contribution in [0.1, 0.15) is 19.4 Å². The molecule has 90 valence electrons. The highest BCUT2D eigenvalue weighted by atomic mass is 35.5. The van der Waals surface area contributed by atoms with Gasteiger partial charge in [-0.25, -0.2) is 0 Å². The van der Waals surface area contributed by atoms with Gasteiger partial charge in [0.1, 0.15) is 0 Å². The molecule has 0 fully saturated rings. The number of benzene rings is 1. The lowest BCUT2D eigenvalue weighted by molar-refractivity contribution is 0.589. The number of thiophene rings is 1. The number of nitrogens with one attached hydrogen (secondary N) is 1. The number of hydrogen-bond acceptors (Lipinski definition) is 2. The largest absolute Gasteiger partial charge is 0.310 e. The molecular weight excluding hydrogens is 250 g/mol. The maximum Gasteiger partial charge on any atom is 0.0409 e. The number of rotatable bonds is 4. The van der Waals surface area contributed by atoms with Crippen molar-refractivity contribution in [3.05, 3.63) is 45.6 Å². The van der Waals surface area contributed by atoms with Crippen LogP contribution in [0.25, 0.3) is 11.1 Å². The van der Waals surface area contributed by atoms with E-state index in [-0.39, 0.29) is 0 Å². The molecule has 0 saturated heterocycles. The van der Waals surface area contributed by atoms with Crippen molar-refractivity contribution in [2.24, 2.45) is 0 Å². The molecule has 1 nitrogen and oxygen atoms in total. The number of halogens is 1. The molecule has 2 aromatic rings. The van der Waals surface area contributed by atoms with Gasteiger partial charge in [-0.15, -0.1) is 0 Å². The van der Waals surface area contributed by atoms with Gasteiger partial charge in [0.25, 0.3) is 0 Å². The van der Waals surface area contributed by atoms with Crippen molar-refractivity contribution >= 4 is 22.9 Å². The fourth-order valence-electron chi connectivity index (χ4n) is 1.72. The third kappa shape index (κ3) is 3.32. The molecule has 3 heteroatoms. The van der Waals surface area contributed by atoms with E-state index in [4.69, 9.17) is 11.6 Å². The van der Waals surface area contributed by atoms with E-state index < -0.39 is 0 Å².